The largest absolute Gasteiger partial charge is 0.295 e. The summed E-state index contributed by atoms with van der Waals surface area (Å²) in [5, 5.41) is 0. The highest BCUT2D eigenvalue weighted by Crippen LogP contribution is 2.41. The SMILES string of the molecule is CC[C@@H]1CCC2CCC1N2C(C)C. The second-order valence-corrected chi connectivity index (χ2v) is 5.09. The Morgan fingerprint density at radius 3 is 2.46 bits per heavy atom. The van der Waals surface area contributed by atoms with Crippen molar-refractivity contribution in [3.63, 3.8) is 0 Å². The smallest absolute Gasteiger partial charge is 0.0130 e. The normalized spacial score (nSPS) is 40.2. The first kappa shape index (κ1) is 9.51. The lowest BCUT2D eigenvalue weighted by Crippen LogP contribution is -2.48. The van der Waals surface area contributed by atoms with E-state index in [-0.39, 0.29) is 0 Å². The molecule has 13 heavy (non-hydrogen) atoms. The van der Waals surface area contributed by atoms with Crippen molar-refractivity contribution in [3.05, 3.63) is 0 Å². The molecule has 3 atom stereocenters. The molecule has 0 aromatic rings. The van der Waals surface area contributed by atoms with E-state index in [1.54, 1.807) is 0 Å². The van der Waals surface area contributed by atoms with Crippen molar-refractivity contribution in [1.29, 1.82) is 0 Å². The topological polar surface area (TPSA) is 3.24 Å². The van der Waals surface area contributed by atoms with Gasteiger partial charge in [0.05, 0.1) is 0 Å². The molecule has 2 bridgehead atoms. The van der Waals surface area contributed by atoms with E-state index < -0.39 is 0 Å². The molecule has 2 unspecified atom stereocenters. The van der Waals surface area contributed by atoms with Crippen molar-refractivity contribution in [2.45, 2.75) is 71.0 Å². The number of nitrogens with zero attached hydrogens (tertiary/aromatic N) is 1. The quantitative estimate of drug-likeness (QED) is 0.633. The van der Waals surface area contributed by atoms with Crippen LogP contribution in [0.2, 0.25) is 0 Å². The van der Waals surface area contributed by atoms with Crippen LogP contribution >= 0.6 is 0 Å². The van der Waals surface area contributed by atoms with Gasteiger partial charge >= 0.3 is 0 Å². The average molecular weight is 181 g/mol. The molecule has 2 fully saturated rings. The van der Waals surface area contributed by atoms with Crippen LogP contribution in [0, 0.1) is 5.92 Å². The van der Waals surface area contributed by atoms with E-state index in [4.69, 9.17) is 0 Å². The summed E-state index contributed by atoms with van der Waals surface area (Å²) in [5.41, 5.74) is 0. The van der Waals surface area contributed by atoms with Gasteiger partial charge in [0.1, 0.15) is 0 Å². The predicted molar refractivity (Wildman–Crippen MR) is 56.8 cm³/mol. The van der Waals surface area contributed by atoms with E-state index in [0.717, 1.165) is 24.0 Å². The maximum atomic E-state index is 2.80. The number of fused-ring (bicyclic) bond motifs is 2. The molecule has 76 valence electrons. The van der Waals surface area contributed by atoms with E-state index >= 15 is 0 Å². The van der Waals surface area contributed by atoms with E-state index in [1.165, 1.54) is 32.1 Å². The fourth-order valence-electron chi connectivity index (χ4n) is 3.58. The van der Waals surface area contributed by atoms with Gasteiger partial charge in [-0.2, -0.15) is 0 Å². The molecule has 0 N–H and O–H groups in total. The predicted octanol–water partition coefficient (Wildman–Crippen LogP) is 3.05. The molecule has 2 saturated heterocycles. The fourth-order valence-corrected chi connectivity index (χ4v) is 3.58. The molecule has 0 spiro atoms. The lowest BCUT2D eigenvalue weighted by molar-refractivity contribution is 0.0600. The number of hydrogen-bond donors (Lipinski definition) is 0. The molecular weight excluding hydrogens is 158 g/mol. The third-order valence-corrected chi connectivity index (χ3v) is 4.14. The summed E-state index contributed by atoms with van der Waals surface area (Å²) in [6.45, 7) is 7.09. The lowest BCUT2D eigenvalue weighted by atomic mass is 9.87. The number of hydrogen-bond acceptors (Lipinski definition) is 1. The van der Waals surface area contributed by atoms with Gasteiger partial charge < -0.3 is 0 Å². The van der Waals surface area contributed by atoms with E-state index in [1.807, 2.05) is 0 Å². The first-order valence-electron chi connectivity index (χ1n) is 6.01. The third-order valence-electron chi connectivity index (χ3n) is 4.14. The standard InChI is InChI=1S/C12H23N/c1-4-10-5-6-11-7-8-12(10)13(11)9(2)3/h9-12H,4-8H2,1-3H3/t10-,11?,12?/m1/s1. The van der Waals surface area contributed by atoms with Gasteiger partial charge in [0.15, 0.2) is 0 Å². The van der Waals surface area contributed by atoms with Crippen LogP contribution in [0.3, 0.4) is 0 Å². The Hall–Kier alpha value is -0.0400. The molecule has 1 nitrogen and oxygen atoms in total. The summed E-state index contributed by atoms with van der Waals surface area (Å²) in [6, 6.07) is 2.64. The van der Waals surface area contributed by atoms with E-state index in [2.05, 4.69) is 25.7 Å². The van der Waals surface area contributed by atoms with Crippen molar-refractivity contribution in [3.8, 4) is 0 Å². The summed E-state index contributed by atoms with van der Waals surface area (Å²) in [4.78, 5) is 2.80. The summed E-state index contributed by atoms with van der Waals surface area (Å²) in [5.74, 6) is 1.00. The van der Waals surface area contributed by atoms with Gasteiger partial charge in [-0.3, -0.25) is 4.90 Å². The summed E-state index contributed by atoms with van der Waals surface area (Å²) < 4.78 is 0. The highest BCUT2D eigenvalue weighted by molar-refractivity contribution is 4.97. The Labute approximate surface area is 82.5 Å². The maximum Gasteiger partial charge on any atom is 0.0130 e. The van der Waals surface area contributed by atoms with Crippen LogP contribution in [0.4, 0.5) is 0 Å². The molecule has 2 heterocycles. The monoisotopic (exact) mass is 181 g/mol. The van der Waals surface area contributed by atoms with Gasteiger partial charge in [-0.1, -0.05) is 13.3 Å². The van der Waals surface area contributed by atoms with Gasteiger partial charge in [0, 0.05) is 18.1 Å². The summed E-state index contributed by atoms with van der Waals surface area (Å²) in [7, 11) is 0. The molecular formula is C12H23N. The molecule has 0 aliphatic carbocycles. The Bertz CT molecular complexity index is 176. The molecule has 2 rings (SSSR count). The molecule has 2 aliphatic heterocycles. The van der Waals surface area contributed by atoms with E-state index in [9.17, 15) is 0 Å². The highest BCUT2D eigenvalue weighted by atomic mass is 15.2. The average Bonchev–Trinajstić information content (AvgIpc) is 2.42. The van der Waals surface area contributed by atoms with Crippen LogP contribution in [0.25, 0.3) is 0 Å². The van der Waals surface area contributed by atoms with Crippen molar-refractivity contribution in [2.75, 3.05) is 0 Å². The highest BCUT2D eigenvalue weighted by Gasteiger charge is 2.42. The Kier molecular flexibility index (Phi) is 2.64. The van der Waals surface area contributed by atoms with Crippen molar-refractivity contribution < 1.29 is 0 Å². The molecule has 1 heteroatoms. The zero-order valence-electron chi connectivity index (χ0n) is 9.29. The first-order valence-corrected chi connectivity index (χ1v) is 6.01. The van der Waals surface area contributed by atoms with Crippen LogP contribution in [0.5, 0.6) is 0 Å². The second kappa shape index (κ2) is 3.61. The number of piperidine rings is 1. The van der Waals surface area contributed by atoms with Crippen molar-refractivity contribution >= 4 is 0 Å². The molecule has 0 radical (unpaired) electrons. The number of rotatable bonds is 2. The van der Waals surface area contributed by atoms with Crippen LogP contribution in [-0.4, -0.2) is 23.0 Å². The Balaban J connectivity index is 2.11. The lowest BCUT2D eigenvalue weighted by Gasteiger charge is -2.42. The molecule has 0 saturated carbocycles. The fraction of sp³-hybridized carbons (Fsp3) is 1.00. The van der Waals surface area contributed by atoms with Crippen LogP contribution in [0.1, 0.15) is 52.9 Å². The van der Waals surface area contributed by atoms with Crippen molar-refractivity contribution in [2.24, 2.45) is 5.92 Å². The second-order valence-electron chi connectivity index (χ2n) is 5.09. The van der Waals surface area contributed by atoms with Gasteiger partial charge in [-0.05, 0) is 45.4 Å². The maximum absolute atomic E-state index is 2.80. The van der Waals surface area contributed by atoms with Crippen molar-refractivity contribution in [1.82, 2.24) is 4.90 Å². The zero-order chi connectivity index (χ0) is 9.42. The van der Waals surface area contributed by atoms with Crippen LogP contribution < -0.4 is 0 Å². The third kappa shape index (κ3) is 1.52. The van der Waals surface area contributed by atoms with Gasteiger partial charge in [-0.25, -0.2) is 0 Å². The van der Waals surface area contributed by atoms with Gasteiger partial charge in [0.2, 0.25) is 0 Å². The molecule has 0 aromatic carbocycles. The summed E-state index contributed by atoms with van der Waals surface area (Å²) >= 11 is 0. The van der Waals surface area contributed by atoms with Crippen LogP contribution in [-0.2, 0) is 0 Å². The Morgan fingerprint density at radius 1 is 1.15 bits per heavy atom. The summed E-state index contributed by atoms with van der Waals surface area (Å²) in [6.07, 6.45) is 7.30. The zero-order valence-corrected chi connectivity index (χ0v) is 9.29. The molecule has 0 aromatic heterocycles. The van der Waals surface area contributed by atoms with Gasteiger partial charge in [0.25, 0.3) is 0 Å². The first-order chi connectivity index (χ1) is 6.24. The molecule has 2 aliphatic rings. The minimum Gasteiger partial charge on any atom is -0.295 e. The molecule has 0 amide bonds. The van der Waals surface area contributed by atoms with Crippen LogP contribution in [0.15, 0.2) is 0 Å². The minimum absolute atomic E-state index is 0.770. The van der Waals surface area contributed by atoms with E-state index in [0.29, 0.717) is 0 Å². The van der Waals surface area contributed by atoms with Gasteiger partial charge in [-0.15, -0.1) is 0 Å². The Morgan fingerprint density at radius 2 is 1.85 bits per heavy atom. The minimum atomic E-state index is 0.770.